The van der Waals surface area contributed by atoms with Crippen LogP contribution >= 0.6 is 0 Å². The highest BCUT2D eigenvalue weighted by molar-refractivity contribution is 5.74. The molecular weight excluding hydrogens is 248 g/mol. The number of nitro groups is 2. The highest BCUT2D eigenvalue weighted by Gasteiger charge is 2.16. The monoisotopic (exact) mass is 258 g/mol. The van der Waals surface area contributed by atoms with E-state index in [1.54, 1.807) is 19.1 Å². The molecule has 96 valence electrons. The molecule has 0 N–H and O–H groups in total. The highest BCUT2D eigenvalue weighted by atomic mass is 16.6. The van der Waals surface area contributed by atoms with Gasteiger partial charge in [0.25, 0.3) is 11.4 Å². The van der Waals surface area contributed by atoms with E-state index in [4.69, 9.17) is 0 Å². The van der Waals surface area contributed by atoms with E-state index in [1.807, 2.05) is 0 Å². The van der Waals surface area contributed by atoms with Crippen molar-refractivity contribution in [1.29, 1.82) is 0 Å². The van der Waals surface area contributed by atoms with Crippen LogP contribution < -0.4 is 0 Å². The Hall–Kier alpha value is -2.76. The predicted molar refractivity (Wildman–Crippen MR) is 69.9 cm³/mol. The molecule has 2 rings (SSSR count). The van der Waals surface area contributed by atoms with E-state index in [0.29, 0.717) is 11.1 Å². The number of non-ortho nitro benzene ring substituents is 1. The average Bonchev–Trinajstić information content (AvgIpc) is 2.38. The number of hydrogen-bond acceptors (Lipinski definition) is 4. The molecule has 6 heteroatoms. The molecule has 0 radical (unpaired) electrons. The summed E-state index contributed by atoms with van der Waals surface area (Å²) in [6.07, 6.45) is 0. The first-order chi connectivity index (χ1) is 8.99. The van der Waals surface area contributed by atoms with Gasteiger partial charge in [0.05, 0.1) is 15.4 Å². The Bertz CT molecular complexity index is 650. The molecule has 0 atom stereocenters. The summed E-state index contributed by atoms with van der Waals surface area (Å²) < 4.78 is 0. The first-order valence-corrected chi connectivity index (χ1v) is 5.49. The second-order valence-corrected chi connectivity index (χ2v) is 4.08. The van der Waals surface area contributed by atoms with E-state index in [0.717, 1.165) is 5.56 Å². The summed E-state index contributed by atoms with van der Waals surface area (Å²) in [7, 11) is 0. The molecule has 0 aliphatic heterocycles. The lowest BCUT2D eigenvalue weighted by molar-refractivity contribution is -0.385. The van der Waals surface area contributed by atoms with Crippen LogP contribution in [0.4, 0.5) is 11.4 Å². The van der Waals surface area contributed by atoms with Gasteiger partial charge in [-0.05, 0) is 36.2 Å². The second-order valence-electron chi connectivity index (χ2n) is 4.08. The number of rotatable bonds is 3. The van der Waals surface area contributed by atoms with E-state index >= 15 is 0 Å². The molecule has 0 aliphatic carbocycles. The van der Waals surface area contributed by atoms with Crippen molar-refractivity contribution in [3.8, 4) is 11.1 Å². The standard InChI is InChI=1S/C13H10N2O4/c1-9-2-7-12(13(8-9)15(18)19)10-3-5-11(6-4-10)14(16)17/h2-8H,1H3. The van der Waals surface area contributed by atoms with Crippen molar-refractivity contribution in [2.45, 2.75) is 6.92 Å². The SMILES string of the molecule is Cc1ccc(-c2ccc([N+](=O)[O-])cc2)c([N+](=O)[O-])c1. The number of aryl methyl sites for hydroxylation is 1. The Morgan fingerprint density at radius 1 is 0.895 bits per heavy atom. The summed E-state index contributed by atoms with van der Waals surface area (Å²) >= 11 is 0. The van der Waals surface area contributed by atoms with Crippen molar-refractivity contribution in [3.63, 3.8) is 0 Å². The Balaban J connectivity index is 2.52. The molecule has 0 heterocycles. The van der Waals surface area contributed by atoms with Crippen LogP contribution in [0.5, 0.6) is 0 Å². The maximum atomic E-state index is 11.0. The van der Waals surface area contributed by atoms with Gasteiger partial charge in [-0.25, -0.2) is 0 Å². The van der Waals surface area contributed by atoms with Crippen molar-refractivity contribution < 1.29 is 9.85 Å². The first-order valence-electron chi connectivity index (χ1n) is 5.49. The average molecular weight is 258 g/mol. The third kappa shape index (κ3) is 2.57. The fourth-order valence-corrected chi connectivity index (χ4v) is 1.80. The largest absolute Gasteiger partial charge is 0.277 e. The van der Waals surface area contributed by atoms with Gasteiger partial charge in [-0.1, -0.05) is 6.07 Å². The summed E-state index contributed by atoms with van der Waals surface area (Å²) in [5, 5.41) is 21.6. The third-order valence-corrected chi connectivity index (χ3v) is 2.74. The van der Waals surface area contributed by atoms with Crippen LogP contribution in [0.1, 0.15) is 5.56 Å². The van der Waals surface area contributed by atoms with Gasteiger partial charge in [-0.15, -0.1) is 0 Å². The van der Waals surface area contributed by atoms with Crippen molar-refractivity contribution in [1.82, 2.24) is 0 Å². The molecule has 2 aromatic rings. The van der Waals surface area contributed by atoms with E-state index < -0.39 is 9.85 Å². The van der Waals surface area contributed by atoms with Crippen LogP contribution in [0.15, 0.2) is 42.5 Å². The van der Waals surface area contributed by atoms with Crippen molar-refractivity contribution in [2.24, 2.45) is 0 Å². The molecule has 0 saturated heterocycles. The maximum absolute atomic E-state index is 11.0. The van der Waals surface area contributed by atoms with Gasteiger partial charge >= 0.3 is 0 Å². The van der Waals surface area contributed by atoms with Crippen molar-refractivity contribution >= 4 is 11.4 Å². The Labute approximate surface area is 108 Å². The van der Waals surface area contributed by atoms with Crippen molar-refractivity contribution in [2.75, 3.05) is 0 Å². The fraction of sp³-hybridized carbons (Fsp3) is 0.0769. The minimum Gasteiger partial charge on any atom is -0.258 e. The molecule has 0 saturated carbocycles. The molecular formula is C13H10N2O4. The Morgan fingerprint density at radius 3 is 2.05 bits per heavy atom. The Kier molecular flexibility index (Phi) is 3.24. The second kappa shape index (κ2) is 4.85. The van der Waals surface area contributed by atoms with E-state index in [-0.39, 0.29) is 11.4 Å². The minimum absolute atomic E-state index is 0.00569. The molecule has 0 unspecified atom stereocenters. The van der Waals surface area contributed by atoms with Crippen LogP contribution in [0.25, 0.3) is 11.1 Å². The van der Waals surface area contributed by atoms with Crippen LogP contribution in [0.2, 0.25) is 0 Å². The zero-order valence-corrected chi connectivity index (χ0v) is 10.1. The normalized spacial score (nSPS) is 10.2. The summed E-state index contributed by atoms with van der Waals surface area (Å²) in [5.74, 6) is 0. The topological polar surface area (TPSA) is 86.3 Å². The van der Waals surface area contributed by atoms with Gasteiger partial charge < -0.3 is 0 Å². The summed E-state index contributed by atoms with van der Waals surface area (Å²) in [4.78, 5) is 20.6. The lowest BCUT2D eigenvalue weighted by Gasteiger charge is -2.04. The molecule has 6 nitrogen and oxygen atoms in total. The number of nitrogens with zero attached hydrogens (tertiary/aromatic N) is 2. The van der Waals surface area contributed by atoms with E-state index in [2.05, 4.69) is 0 Å². The lowest BCUT2D eigenvalue weighted by Crippen LogP contribution is -1.93. The first kappa shape index (κ1) is 12.7. The fourth-order valence-electron chi connectivity index (χ4n) is 1.80. The van der Waals surface area contributed by atoms with Gasteiger partial charge in [0, 0.05) is 18.2 Å². The quantitative estimate of drug-likeness (QED) is 0.622. The molecule has 0 spiro atoms. The van der Waals surface area contributed by atoms with Gasteiger partial charge in [0.2, 0.25) is 0 Å². The molecule has 0 aromatic heterocycles. The van der Waals surface area contributed by atoms with Gasteiger partial charge in [-0.2, -0.15) is 0 Å². The van der Waals surface area contributed by atoms with Crippen LogP contribution in [0.3, 0.4) is 0 Å². The summed E-state index contributed by atoms with van der Waals surface area (Å²) in [5.41, 5.74) is 1.77. The lowest BCUT2D eigenvalue weighted by atomic mass is 10.0. The highest BCUT2D eigenvalue weighted by Crippen LogP contribution is 2.31. The third-order valence-electron chi connectivity index (χ3n) is 2.74. The van der Waals surface area contributed by atoms with Crippen LogP contribution in [0, 0.1) is 27.2 Å². The van der Waals surface area contributed by atoms with Crippen LogP contribution in [-0.4, -0.2) is 9.85 Å². The van der Waals surface area contributed by atoms with Gasteiger partial charge in [-0.3, -0.25) is 20.2 Å². The predicted octanol–water partition coefficient (Wildman–Crippen LogP) is 3.48. The zero-order valence-electron chi connectivity index (χ0n) is 10.1. The molecule has 0 aliphatic rings. The van der Waals surface area contributed by atoms with E-state index in [1.165, 1.54) is 30.3 Å². The zero-order chi connectivity index (χ0) is 14.0. The van der Waals surface area contributed by atoms with Crippen LogP contribution in [-0.2, 0) is 0 Å². The minimum atomic E-state index is -0.507. The molecule has 19 heavy (non-hydrogen) atoms. The van der Waals surface area contributed by atoms with E-state index in [9.17, 15) is 20.2 Å². The molecule has 0 amide bonds. The number of benzene rings is 2. The number of nitro benzene ring substituents is 2. The molecule has 2 aromatic carbocycles. The molecule has 0 fully saturated rings. The Morgan fingerprint density at radius 2 is 1.53 bits per heavy atom. The van der Waals surface area contributed by atoms with Gasteiger partial charge in [0.1, 0.15) is 0 Å². The smallest absolute Gasteiger partial charge is 0.258 e. The van der Waals surface area contributed by atoms with Gasteiger partial charge in [0.15, 0.2) is 0 Å². The number of hydrogen-bond donors (Lipinski definition) is 0. The maximum Gasteiger partial charge on any atom is 0.277 e. The summed E-state index contributed by atoms with van der Waals surface area (Å²) in [6.45, 7) is 1.77. The summed E-state index contributed by atoms with van der Waals surface area (Å²) in [6, 6.07) is 10.6. The van der Waals surface area contributed by atoms with Crippen molar-refractivity contribution in [3.05, 3.63) is 68.3 Å². The molecule has 0 bridgehead atoms.